The molecule has 0 bridgehead atoms. The topological polar surface area (TPSA) is 33.1 Å². The molecule has 0 unspecified atom stereocenters. The third-order valence-electron chi connectivity index (χ3n) is 2.13. The van der Waals surface area contributed by atoms with E-state index in [-0.39, 0.29) is 11.2 Å². The first-order valence-electron chi connectivity index (χ1n) is 4.68. The number of thiazole rings is 1. The predicted molar refractivity (Wildman–Crippen MR) is 67.7 cm³/mol. The lowest BCUT2D eigenvalue weighted by Gasteiger charge is -2.13. The van der Waals surface area contributed by atoms with Gasteiger partial charge in [0.25, 0.3) is 0 Å². The Morgan fingerprint density at radius 2 is 2.00 bits per heavy atom. The molecule has 4 heteroatoms. The molecule has 1 aromatic heterocycles. The van der Waals surface area contributed by atoms with Crippen molar-refractivity contribution in [3.05, 3.63) is 21.6 Å². The molecule has 0 saturated heterocycles. The van der Waals surface area contributed by atoms with Gasteiger partial charge < -0.3 is 5.11 Å². The average molecular weight is 286 g/mol. The maximum absolute atomic E-state index is 9.83. The number of phenolic OH excluding ortho intramolecular Hbond substituents is 1. The fourth-order valence-electron chi connectivity index (χ4n) is 1.28. The largest absolute Gasteiger partial charge is 0.505 e. The lowest BCUT2D eigenvalue weighted by atomic mass is 9.98. The number of nitrogens with zero attached hydrogens (tertiary/aromatic N) is 1. The first-order chi connectivity index (χ1) is 6.89. The molecule has 0 fully saturated rings. The standard InChI is InChI=1S/C11H12BrNOS/c1-11(2,3)10-13-8-7(15-10)5-4-6(12)9(8)14/h4-5,14H,1-3H3. The van der Waals surface area contributed by atoms with Crippen molar-refractivity contribution < 1.29 is 5.11 Å². The fourth-order valence-corrected chi connectivity index (χ4v) is 2.62. The smallest absolute Gasteiger partial charge is 0.156 e. The number of rotatable bonds is 0. The van der Waals surface area contributed by atoms with Crippen LogP contribution in [-0.2, 0) is 5.41 Å². The molecule has 0 spiro atoms. The van der Waals surface area contributed by atoms with Gasteiger partial charge in [0.15, 0.2) is 5.75 Å². The van der Waals surface area contributed by atoms with Crippen LogP contribution < -0.4 is 0 Å². The summed E-state index contributed by atoms with van der Waals surface area (Å²) in [6.45, 7) is 6.37. The van der Waals surface area contributed by atoms with Crippen molar-refractivity contribution >= 4 is 37.5 Å². The molecule has 15 heavy (non-hydrogen) atoms. The second-order valence-corrected chi connectivity index (χ2v) is 6.40. The van der Waals surface area contributed by atoms with Crippen molar-refractivity contribution in [2.45, 2.75) is 26.2 Å². The third-order valence-corrected chi connectivity index (χ3v) is 4.21. The molecule has 0 atom stereocenters. The van der Waals surface area contributed by atoms with Crippen LogP contribution in [0.1, 0.15) is 25.8 Å². The maximum atomic E-state index is 9.83. The second kappa shape index (κ2) is 3.46. The van der Waals surface area contributed by atoms with Crippen molar-refractivity contribution in [2.24, 2.45) is 0 Å². The third kappa shape index (κ3) is 1.88. The van der Waals surface area contributed by atoms with E-state index < -0.39 is 0 Å². The number of phenols is 1. The summed E-state index contributed by atoms with van der Waals surface area (Å²) in [6.07, 6.45) is 0. The Morgan fingerprint density at radius 3 is 2.60 bits per heavy atom. The summed E-state index contributed by atoms with van der Waals surface area (Å²) >= 11 is 4.93. The van der Waals surface area contributed by atoms with E-state index >= 15 is 0 Å². The number of fused-ring (bicyclic) bond motifs is 1. The second-order valence-electron chi connectivity index (χ2n) is 4.51. The molecule has 80 valence electrons. The summed E-state index contributed by atoms with van der Waals surface area (Å²) in [5.41, 5.74) is 0.724. The van der Waals surface area contributed by atoms with E-state index in [2.05, 4.69) is 41.7 Å². The fraction of sp³-hybridized carbons (Fsp3) is 0.364. The Labute approximate surface area is 101 Å². The molecule has 2 rings (SSSR count). The first kappa shape index (κ1) is 10.9. The SMILES string of the molecule is CC(C)(C)c1nc2c(O)c(Br)ccc2s1. The van der Waals surface area contributed by atoms with Gasteiger partial charge >= 0.3 is 0 Å². The van der Waals surface area contributed by atoms with E-state index in [0.29, 0.717) is 9.99 Å². The number of aromatic hydroxyl groups is 1. The van der Waals surface area contributed by atoms with Crippen LogP contribution in [0.2, 0.25) is 0 Å². The summed E-state index contributed by atoms with van der Waals surface area (Å²) < 4.78 is 1.72. The Bertz CT molecular complexity index is 513. The number of benzene rings is 1. The summed E-state index contributed by atoms with van der Waals surface area (Å²) in [5.74, 6) is 0.235. The van der Waals surface area contributed by atoms with Crippen molar-refractivity contribution in [3.63, 3.8) is 0 Å². The lowest BCUT2D eigenvalue weighted by molar-refractivity contribution is 0.476. The van der Waals surface area contributed by atoms with E-state index in [1.54, 1.807) is 11.3 Å². The van der Waals surface area contributed by atoms with Gasteiger partial charge in [-0.2, -0.15) is 0 Å². The Kier molecular flexibility index (Phi) is 2.51. The molecule has 0 radical (unpaired) electrons. The van der Waals surface area contributed by atoms with E-state index in [4.69, 9.17) is 0 Å². The molecule has 0 aliphatic carbocycles. The molecular weight excluding hydrogens is 274 g/mol. The highest BCUT2D eigenvalue weighted by Crippen LogP contribution is 2.38. The zero-order chi connectivity index (χ0) is 11.2. The molecule has 0 amide bonds. The van der Waals surface area contributed by atoms with E-state index in [0.717, 1.165) is 9.71 Å². The number of halogens is 1. The zero-order valence-corrected chi connectivity index (χ0v) is 11.2. The van der Waals surface area contributed by atoms with Crippen molar-refractivity contribution in [1.82, 2.24) is 4.98 Å². The molecule has 1 N–H and O–H groups in total. The van der Waals surface area contributed by atoms with Gasteiger partial charge in [-0.1, -0.05) is 20.8 Å². The van der Waals surface area contributed by atoms with Crippen molar-refractivity contribution in [2.75, 3.05) is 0 Å². The van der Waals surface area contributed by atoms with E-state index in [9.17, 15) is 5.11 Å². The van der Waals surface area contributed by atoms with Crippen LogP contribution in [0.15, 0.2) is 16.6 Å². The number of hydrogen-bond acceptors (Lipinski definition) is 3. The number of aromatic nitrogens is 1. The van der Waals surface area contributed by atoms with Gasteiger partial charge in [0.05, 0.1) is 14.2 Å². The summed E-state index contributed by atoms with van der Waals surface area (Å²) in [7, 11) is 0. The predicted octanol–water partition coefficient (Wildman–Crippen LogP) is 4.06. The minimum atomic E-state index is 0.0304. The molecule has 2 aromatic rings. The van der Waals surface area contributed by atoms with Crippen molar-refractivity contribution in [3.8, 4) is 5.75 Å². The Morgan fingerprint density at radius 1 is 1.33 bits per heavy atom. The van der Waals surface area contributed by atoms with Crippen LogP contribution in [0, 0.1) is 0 Å². The lowest BCUT2D eigenvalue weighted by Crippen LogP contribution is -2.09. The molecule has 0 aliphatic rings. The minimum Gasteiger partial charge on any atom is -0.505 e. The van der Waals surface area contributed by atoms with Gasteiger partial charge in [0.2, 0.25) is 0 Å². The maximum Gasteiger partial charge on any atom is 0.156 e. The highest BCUT2D eigenvalue weighted by atomic mass is 79.9. The van der Waals surface area contributed by atoms with Crippen LogP contribution in [0.3, 0.4) is 0 Å². The molecule has 0 aliphatic heterocycles. The first-order valence-corrected chi connectivity index (χ1v) is 6.29. The highest BCUT2D eigenvalue weighted by Gasteiger charge is 2.20. The van der Waals surface area contributed by atoms with Gasteiger partial charge in [-0.05, 0) is 28.1 Å². The van der Waals surface area contributed by atoms with Crippen molar-refractivity contribution in [1.29, 1.82) is 0 Å². The quantitative estimate of drug-likeness (QED) is 0.792. The monoisotopic (exact) mass is 285 g/mol. The summed E-state index contributed by atoms with van der Waals surface area (Å²) in [5, 5.41) is 10.9. The highest BCUT2D eigenvalue weighted by molar-refractivity contribution is 9.10. The summed E-state index contributed by atoms with van der Waals surface area (Å²) in [4.78, 5) is 4.48. The summed E-state index contributed by atoms with van der Waals surface area (Å²) in [6, 6.07) is 3.83. The van der Waals surface area contributed by atoms with Crippen LogP contribution in [-0.4, -0.2) is 10.1 Å². The van der Waals surface area contributed by atoms with Gasteiger partial charge in [-0.15, -0.1) is 11.3 Å². The van der Waals surface area contributed by atoms with Gasteiger partial charge in [0, 0.05) is 5.41 Å². The Hall–Kier alpha value is -0.610. The van der Waals surface area contributed by atoms with Crippen LogP contribution >= 0.6 is 27.3 Å². The van der Waals surface area contributed by atoms with Gasteiger partial charge in [-0.25, -0.2) is 4.98 Å². The van der Waals surface area contributed by atoms with E-state index in [1.165, 1.54) is 0 Å². The van der Waals surface area contributed by atoms with E-state index in [1.807, 2.05) is 12.1 Å². The minimum absolute atomic E-state index is 0.0304. The normalized spacial score (nSPS) is 12.3. The molecule has 1 heterocycles. The molecule has 2 nitrogen and oxygen atoms in total. The van der Waals surface area contributed by atoms with Gasteiger partial charge in [-0.3, -0.25) is 0 Å². The average Bonchev–Trinajstić information content (AvgIpc) is 2.55. The van der Waals surface area contributed by atoms with Crippen LogP contribution in [0.25, 0.3) is 10.2 Å². The van der Waals surface area contributed by atoms with Crippen LogP contribution in [0.4, 0.5) is 0 Å². The molecule has 0 saturated carbocycles. The Balaban J connectivity index is 2.72. The zero-order valence-electron chi connectivity index (χ0n) is 8.84. The molecule has 1 aromatic carbocycles. The van der Waals surface area contributed by atoms with Crippen LogP contribution in [0.5, 0.6) is 5.75 Å². The van der Waals surface area contributed by atoms with Gasteiger partial charge in [0.1, 0.15) is 5.52 Å². The number of hydrogen-bond donors (Lipinski definition) is 1. The molecular formula is C11H12BrNOS.